The van der Waals surface area contributed by atoms with Gasteiger partial charge in [0.2, 0.25) is 0 Å². The lowest BCUT2D eigenvalue weighted by molar-refractivity contribution is -0.133. The van der Waals surface area contributed by atoms with E-state index in [0.29, 0.717) is 25.7 Å². The highest BCUT2D eigenvalue weighted by Gasteiger charge is 2.05. The van der Waals surface area contributed by atoms with Crippen LogP contribution < -0.4 is 0 Å². The lowest BCUT2D eigenvalue weighted by Crippen LogP contribution is -2.08. The van der Waals surface area contributed by atoms with Crippen LogP contribution in [0.2, 0.25) is 0 Å². The maximum absolute atomic E-state index is 10.3. The van der Waals surface area contributed by atoms with Crippen LogP contribution in [0.15, 0.2) is 0 Å². The molecule has 6 heteroatoms. The molecule has 78 valence electrons. The Bertz CT molecular complexity index is 233. The second-order valence-corrected chi connectivity index (χ2v) is 4.40. The third kappa shape index (κ3) is 9.29. The molecule has 0 rings (SSSR count). The maximum atomic E-state index is 10.3. The van der Waals surface area contributed by atoms with Gasteiger partial charge in [-0.2, -0.15) is 8.42 Å². The molecule has 0 fully saturated rings. The molecule has 13 heavy (non-hydrogen) atoms. The van der Waals surface area contributed by atoms with E-state index in [-0.39, 0.29) is 11.9 Å². The predicted octanol–water partition coefficient (Wildman–Crippen LogP) is 0.606. The van der Waals surface area contributed by atoms with Gasteiger partial charge in [-0.15, -0.1) is 0 Å². The quantitative estimate of drug-likeness (QED) is 0.378. The van der Waals surface area contributed by atoms with E-state index in [2.05, 4.69) is 4.74 Å². The standard InChI is InChI=1S/C7H14O5S/c1-7(12-6-8)4-2-3-5-13(9,10)11/h6-7H,2-5H2,1H3,(H,9,10,11). The van der Waals surface area contributed by atoms with Gasteiger partial charge in [0.15, 0.2) is 0 Å². The molecule has 1 atom stereocenters. The van der Waals surface area contributed by atoms with Gasteiger partial charge in [0.05, 0.1) is 11.9 Å². The van der Waals surface area contributed by atoms with E-state index in [9.17, 15) is 13.2 Å². The molecule has 0 bridgehead atoms. The molecule has 0 aromatic carbocycles. The summed E-state index contributed by atoms with van der Waals surface area (Å²) in [6.45, 7) is 2.09. The van der Waals surface area contributed by atoms with Crippen molar-refractivity contribution in [2.24, 2.45) is 0 Å². The second-order valence-electron chi connectivity index (χ2n) is 2.82. The molecule has 1 unspecified atom stereocenters. The topological polar surface area (TPSA) is 80.7 Å². The fourth-order valence-corrected chi connectivity index (χ4v) is 1.45. The zero-order chi connectivity index (χ0) is 10.3. The minimum Gasteiger partial charge on any atom is -0.465 e. The molecule has 0 aromatic rings. The summed E-state index contributed by atoms with van der Waals surface area (Å²) < 4.78 is 33.5. The fourth-order valence-electron chi connectivity index (χ4n) is 0.879. The van der Waals surface area contributed by atoms with Gasteiger partial charge >= 0.3 is 0 Å². The van der Waals surface area contributed by atoms with Crippen molar-refractivity contribution < 1.29 is 22.5 Å². The zero-order valence-electron chi connectivity index (χ0n) is 7.47. The molecule has 1 N–H and O–H groups in total. The zero-order valence-corrected chi connectivity index (χ0v) is 8.29. The molecule has 0 aliphatic carbocycles. The van der Waals surface area contributed by atoms with Crippen molar-refractivity contribution in [2.45, 2.75) is 32.3 Å². The number of ether oxygens (including phenoxy) is 1. The Morgan fingerprint density at radius 3 is 2.54 bits per heavy atom. The Morgan fingerprint density at radius 2 is 2.08 bits per heavy atom. The monoisotopic (exact) mass is 210 g/mol. The molecular formula is C7H14O5S. The minimum atomic E-state index is -3.84. The molecule has 0 saturated heterocycles. The molecule has 0 saturated carbocycles. The van der Waals surface area contributed by atoms with Crippen LogP contribution in [0.4, 0.5) is 0 Å². The van der Waals surface area contributed by atoms with E-state index >= 15 is 0 Å². The molecular weight excluding hydrogens is 196 g/mol. The summed E-state index contributed by atoms with van der Waals surface area (Å²) in [5.74, 6) is -0.235. The summed E-state index contributed by atoms with van der Waals surface area (Å²) >= 11 is 0. The first-order valence-electron chi connectivity index (χ1n) is 4.00. The number of unbranched alkanes of at least 4 members (excludes halogenated alkanes) is 1. The first-order valence-corrected chi connectivity index (χ1v) is 5.61. The Balaban J connectivity index is 3.41. The normalized spacial score (nSPS) is 13.7. The maximum Gasteiger partial charge on any atom is 0.293 e. The summed E-state index contributed by atoms with van der Waals surface area (Å²) in [4.78, 5) is 9.85. The van der Waals surface area contributed by atoms with Gasteiger partial charge in [-0.25, -0.2) is 0 Å². The molecule has 0 heterocycles. The van der Waals surface area contributed by atoms with E-state index in [1.807, 2.05) is 0 Å². The molecule has 0 aliphatic rings. The molecule has 0 radical (unpaired) electrons. The van der Waals surface area contributed by atoms with Crippen LogP contribution in [0.3, 0.4) is 0 Å². The highest BCUT2D eigenvalue weighted by molar-refractivity contribution is 7.85. The summed E-state index contributed by atoms with van der Waals surface area (Å²) in [6, 6.07) is 0. The summed E-state index contributed by atoms with van der Waals surface area (Å²) in [6.07, 6.45) is 1.40. The van der Waals surface area contributed by atoms with E-state index in [0.717, 1.165) is 0 Å². The van der Waals surface area contributed by atoms with Gasteiger partial charge in [0.25, 0.3) is 16.6 Å². The van der Waals surface area contributed by atoms with Gasteiger partial charge in [-0.3, -0.25) is 9.35 Å². The molecule has 0 aromatic heterocycles. The Kier molecular flexibility index (Phi) is 5.65. The largest absolute Gasteiger partial charge is 0.465 e. The molecule has 0 amide bonds. The van der Waals surface area contributed by atoms with Crippen LogP contribution in [0.25, 0.3) is 0 Å². The average Bonchev–Trinajstić information content (AvgIpc) is 1.97. The SMILES string of the molecule is CC(CCCCS(=O)(=O)O)OC=O. The Morgan fingerprint density at radius 1 is 1.46 bits per heavy atom. The van der Waals surface area contributed by atoms with Crippen LogP contribution in [-0.2, 0) is 19.6 Å². The van der Waals surface area contributed by atoms with Crippen molar-refractivity contribution >= 4 is 16.6 Å². The highest BCUT2D eigenvalue weighted by Crippen LogP contribution is 2.04. The van der Waals surface area contributed by atoms with Gasteiger partial charge in [0.1, 0.15) is 0 Å². The Hall–Kier alpha value is -0.620. The lowest BCUT2D eigenvalue weighted by Gasteiger charge is -2.07. The van der Waals surface area contributed by atoms with Gasteiger partial charge in [0, 0.05) is 0 Å². The predicted molar refractivity (Wildman–Crippen MR) is 46.9 cm³/mol. The van der Waals surface area contributed by atoms with Crippen molar-refractivity contribution in [3.8, 4) is 0 Å². The Labute approximate surface area is 77.8 Å². The van der Waals surface area contributed by atoms with Crippen molar-refractivity contribution in [1.29, 1.82) is 0 Å². The minimum absolute atomic E-state index is 0.195. The number of hydrogen-bond acceptors (Lipinski definition) is 4. The van der Waals surface area contributed by atoms with E-state index in [1.165, 1.54) is 0 Å². The third-order valence-corrected chi connectivity index (χ3v) is 2.36. The summed E-state index contributed by atoms with van der Waals surface area (Å²) in [7, 11) is -3.84. The van der Waals surface area contributed by atoms with Gasteiger partial charge in [-0.05, 0) is 26.2 Å². The number of carbonyl (C=O) groups excluding carboxylic acids is 1. The van der Waals surface area contributed by atoms with Crippen molar-refractivity contribution in [1.82, 2.24) is 0 Å². The average molecular weight is 210 g/mol. The molecule has 0 aliphatic heterocycles. The van der Waals surface area contributed by atoms with Crippen LogP contribution in [0, 0.1) is 0 Å². The second kappa shape index (κ2) is 5.93. The van der Waals surface area contributed by atoms with Gasteiger partial charge < -0.3 is 4.74 Å². The van der Waals surface area contributed by atoms with Crippen molar-refractivity contribution in [3.63, 3.8) is 0 Å². The number of carbonyl (C=O) groups is 1. The highest BCUT2D eigenvalue weighted by atomic mass is 32.2. The molecule has 0 spiro atoms. The smallest absolute Gasteiger partial charge is 0.293 e. The van der Waals surface area contributed by atoms with Crippen LogP contribution in [0.5, 0.6) is 0 Å². The first kappa shape index (κ1) is 12.4. The first-order chi connectivity index (χ1) is 5.95. The van der Waals surface area contributed by atoms with Crippen LogP contribution in [-0.4, -0.2) is 31.3 Å². The van der Waals surface area contributed by atoms with Gasteiger partial charge in [-0.1, -0.05) is 0 Å². The number of rotatable bonds is 7. The molecule has 5 nitrogen and oxygen atoms in total. The number of hydrogen-bond donors (Lipinski definition) is 1. The lowest BCUT2D eigenvalue weighted by atomic mass is 10.2. The third-order valence-electron chi connectivity index (χ3n) is 1.55. The van der Waals surface area contributed by atoms with Crippen molar-refractivity contribution in [3.05, 3.63) is 0 Å². The van der Waals surface area contributed by atoms with Crippen LogP contribution in [0.1, 0.15) is 26.2 Å². The van der Waals surface area contributed by atoms with E-state index in [1.54, 1.807) is 6.92 Å². The summed E-state index contributed by atoms with van der Waals surface area (Å²) in [5, 5.41) is 0. The fraction of sp³-hybridized carbons (Fsp3) is 0.857. The van der Waals surface area contributed by atoms with Crippen LogP contribution >= 0.6 is 0 Å². The van der Waals surface area contributed by atoms with Crippen molar-refractivity contribution in [2.75, 3.05) is 5.75 Å². The van der Waals surface area contributed by atoms with E-state index in [4.69, 9.17) is 4.55 Å². The van der Waals surface area contributed by atoms with E-state index < -0.39 is 10.1 Å². The summed E-state index contributed by atoms with van der Waals surface area (Å²) in [5.41, 5.74) is 0.